The normalized spacial score (nSPS) is 18.5. The summed E-state index contributed by atoms with van der Waals surface area (Å²) >= 11 is 6.55. The van der Waals surface area contributed by atoms with Gasteiger partial charge in [0, 0.05) is 48.2 Å². The van der Waals surface area contributed by atoms with Gasteiger partial charge in [0.15, 0.2) is 0 Å². The number of halogens is 4. The molecule has 3 amide bonds. The summed E-state index contributed by atoms with van der Waals surface area (Å²) in [4.78, 5) is 51.7. The first-order valence-corrected chi connectivity index (χ1v) is 14.1. The molecule has 14 heteroatoms. The van der Waals surface area contributed by atoms with E-state index < -0.39 is 60.6 Å². The van der Waals surface area contributed by atoms with Crippen LogP contribution in [0.3, 0.4) is 0 Å². The standard InChI is InChI=1S/C30H26ClF3N6O4.CH4/c31-23-4-2-1-3-22(23)26(27(41)38-20-5-9-30(33,34)10-6-20)39(21-14-19(32)16-36-17-21)28(42)24-8-12-44-29(43)40(24)25-13-18(15-35)7-11-37-25;/h1-4,7,11,13-14,16-17,20,24,26H,5-6,8-10,12H2,(H,38,41);1H4/t24-,26-;/m0./s1. The predicted molar refractivity (Wildman–Crippen MR) is 159 cm³/mol. The van der Waals surface area contributed by atoms with Gasteiger partial charge in [-0.1, -0.05) is 37.2 Å². The van der Waals surface area contributed by atoms with Crippen LogP contribution in [0.25, 0.3) is 0 Å². The summed E-state index contributed by atoms with van der Waals surface area (Å²) in [6, 6.07) is 8.44. The number of nitrogens with zero attached hydrogens (tertiary/aromatic N) is 5. The monoisotopic (exact) mass is 642 g/mol. The maximum absolute atomic E-state index is 14.6. The number of alkyl halides is 2. The number of ether oxygens (including phenoxy) is 1. The molecule has 2 aromatic heterocycles. The number of nitriles is 1. The van der Waals surface area contributed by atoms with Crippen LogP contribution in [0, 0.1) is 17.1 Å². The lowest BCUT2D eigenvalue weighted by atomic mass is 9.91. The molecule has 10 nitrogen and oxygen atoms in total. The first-order chi connectivity index (χ1) is 21.1. The Morgan fingerprint density at radius 2 is 1.89 bits per heavy atom. The summed E-state index contributed by atoms with van der Waals surface area (Å²) in [5, 5.41) is 12.3. The van der Waals surface area contributed by atoms with E-state index >= 15 is 0 Å². The SMILES string of the molecule is C.N#Cc1ccnc(N2C(=O)OCC[C@H]2C(=O)N(c2cncc(F)c2)[C@H](C(=O)NC2CCC(F)(F)CC2)c2ccccc2Cl)c1. The van der Waals surface area contributed by atoms with Gasteiger partial charge in [-0.2, -0.15) is 5.26 Å². The highest BCUT2D eigenvalue weighted by Gasteiger charge is 2.44. The summed E-state index contributed by atoms with van der Waals surface area (Å²) in [6.45, 7) is -0.155. The second kappa shape index (κ2) is 13.9. The molecule has 45 heavy (non-hydrogen) atoms. The van der Waals surface area contributed by atoms with Crippen molar-refractivity contribution in [2.75, 3.05) is 16.4 Å². The number of benzene rings is 1. The molecule has 0 bridgehead atoms. The third-order valence-electron chi connectivity index (χ3n) is 7.51. The van der Waals surface area contributed by atoms with E-state index in [1.54, 1.807) is 12.1 Å². The Bertz CT molecular complexity index is 1610. The highest BCUT2D eigenvalue weighted by Crippen LogP contribution is 2.37. The van der Waals surface area contributed by atoms with Gasteiger partial charge in [0.1, 0.15) is 23.7 Å². The van der Waals surface area contributed by atoms with Crippen molar-refractivity contribution in [3.8, 4) is 6.07 Å². The summed E-state index contributed by atoms with van der Waals surface area (Å²) in [5.74, 6) is -5.27. The van der Waals surface area contributed by atoms with Crippen molar-refractivity contribution < 1.29 is 32.3 Å². The molecule has 2 fully saturated rings. The van der Waals surface area contributed by atoms with Gasteiger partial charge < -0.3 is 10.1 Å². The van der Waals surface area contributed by atoms with Crippen LogP contribution in [-0.2, 0) is 14.3 Å². The summed E-state index contributed by atoms with van der Waals surface area (Å²) in [6.07, 6.45) is 1.60. The van der Waals surface area contributed by atoms with Crippen LogP contribution >= 0.6 is 11.6 Å². The molecule has 5 rings (SSSR count). The Hall–Kier alpha value is -4.70. The third kappa shape index (κ3) is 7.34. The Kier molecular flexibility index (Phi) is 10.3. The molecule has 0 radical (unpaired) electrons. The van der Waals surface area contributed by atoms with E-state index in [1.165, 1.54) is 36.7 Å². The number of hydrogen-bond acceptors (Lipinski definition) is 7. The molecule has 1 saturated carbocycles. The first-order valence-electron chi connectivity index (χ1n) is 13.8. The Morgan fingerprint density at radius 3 is 2.58 bits per heavy atom. The van der Waals surface area contributed by atoms with E-state index in [0.29, 0.717) is 0 Å². The Labute approximate surface area is 262 Å². The van der Waals surface area contributed by atoms with Crippen molar-refractivity contribution in [3.63, 3.8) is 0 Å². The average molecular weight is 643 g/mol. The van der Waals surface area contributed by atoms with Crippen molar-refractivity contribution in [2.24, 2.45) is 0 Å². The van der Waals surface area contributed by atoms with Crippen LogP contribution in [0.1, 0.15) is 56.7 Å². The number of pyridine rings is 2. The van der Waals surface area contributed by atoms with Crippen LogP contribution in [0.2, 0.25) is 5.02 Å². The summed E-state index contributed by atoms with van der Waals surface area (Å²) in [5.41, 5.74) is 0.208. The van der Waals surface area contributed by atoms with Crippen molar-refractivity contribution in [2.45, 2.75) is 63.6 Å². The molecule has 236 valence electrons. The second-order valence-corrected chi connectivity index (χ2v) is 10.8. The molecule has 0 unspecified atom stereocenters. The molecule has 1 saturated heterocycles. The van der Waals surface area contributed by atoms with Crippen LogP contribution < -0.4 is 15.1 Å². The molecule has 2 atom stereocenters. The fourth-order valence-corrected chi connectivity index (χ4v) is 5.59. The van der Waals surface area contributed by atoms with Gasteiger partial charge in [-0.25, -0.2) is 27.8 Å². The lowest BCUT2D eigenvalue weighted by Crippen LogP contribution is -2.57. The Balaban J connectivity index is 0.00000461. The number of anilines is 2. The minimum atomic E-state index is -2.84. The van der Waals surface area contributed by atoms with Gasteiger partial charge in [0.2, 0.25) is 11.8 Å². The fourth-order valence-electron chi connectivity index (χ4n) is 5.35. The second-order valence-electron chi connectivity index (χ2n) is 10.4. The molecule has 1 aromatic carbocycles. The zero-order valence-electron chi connectivity index (χ0n) is 23.1. The number of carbonyl (C=O) groups is 3. The van der Waals surface area contributed by atoms with Gasteiger partial charge >= 0.3 is 6.09 Å². The minimum absolute atomic E-state index is 0. The topological polar surface area (TPSA) is 129 Å². The summed E-state index contributed by atoms with van der Waals surface area (Å²) < 4.78 is 47.5. The molecule has 2 aliphatic rings. The molecule has 1 aliphatic carbocycles. The van der Waals surface area contributed by atoms with E-state index in [-0.39, 0.29) is 61.0 Å². The molecular weight excluding hydrogens is 613 g/mol. The molecular formula is C31H30ClF3N6O4. The van der Waals surface area contributed by atoms with E-state index in [1.807, 2.05) is 6.07 Å². The first kappa shape index (κ1) is 33.2. The van der Waals surface area contributed by atoms with Gasteiger partial charge in [0.25, 0.3) is 5.91 Å². The number of hydrogen-bond donors (Lipinski definition) is 1. The number of nitrogens with one attached hydrogen (secondary N) is 1. The minimum Gasteiger partial charge on any atom is -0.449 e. The van der Waals surface area contributed by atoms with Crippen LogP contribution in [0.5, 0.6) is 0 Å². The van der Waals surface area contributed by atoms with Crippen LogP contribution in [-0.4, -0.2) is 52.5 Å². The van der Waals surface area contributed by atoms with Crippen molar-refractivity contribution in [3.05, 3.63) is 83.0 Å². The highest BCUT2D eigenvalue weighted by atomic mass is 35.5. The van der Waals surface area contributed by atoms with Crippen molar-refractivity contribution in [1.82, 2.24) is 15.3 Å². The smallest absolute Gasteiger partial charge is 0.416 e. The lowest BCUT2D eigenvalue weighted by molar-refractivity contribution is -0.128. The van der Waals surface area contributed by atoms with Crippen molar-refractivity contribution >= 4 is 41.0 Å². The zero-order chi connectivity index (χ0) is 31.4. The van der Waals surface area contributed by atoms with E-state index in [9.17, 15) is 32.8 Å². The summed E-state index contributed by atoms with van der Waals surface area (Å²) in [7, 11) is 0. The molecule has 0 spiro atoms. The van der Waals surface area contributed by atoms with E-state index in [4.69, 9.17) is 16.3 Å². The maximum atomic E-state index is 14.6. The van der Waals surface area contributed by atoms with Crippen LogP contribution in [0.15, 0.2) is 61.1 Å². The third-order valence-corrected chi connectivity index (χ3v) is 7.85. The quantitative estimate of drug-likeness (QED) is 0.337. The number of amides is 3. The maximum Gasteiger partial charge on any atom is 0.416 e. The average Bonchev–Trinajstić information content (AvgIpc) is 3.01. The highest BCUT2D eigenvalue weighted by molar-refractivity contribution is 6.31. The zero-order valence-corrected chi connectivity index (χ0v) is 23.9. The fraction of sp³-hybridized carbons (Fsp3) is 0.355. The molecule has 3 heterocycles. The molecule has 1 aliphatic heterocycles. The molecule has 1 N–H and O–H groups in total. The van der Waals surface area contributed by atoms with Gasteiger partial charge in [-0.3, -0.25) is 19.5 Å². The van der Waals surface area contributed by atoms with Crippen LogP contribution in [0.4, 0.5) is 29.5 Å². The number of aromatic nitrogens is 2. The molecule has 3 aromatic rings. The van der Waals surface area contributed by atoms with Gasteiger partial charge in [0.05, 0.1) is 36.3 Å². The number of cyclic esters (lactones) is 1. The largest absolute Gasteiger partial charge is 0.449 e. The van der Waals surface area contributed by atoms with E-state index in [2.05, 4.69) is 15.3 Å². The number of rotatable bonds is 7. The van der Waals surface area contributed by atoms with Gasteiger partial charge in [-0.05, 0) is 31.0 Å². The van der Waals surface area contributed by atoms with Crippen molar-refractivity contribution in [1.29, 1.82) is 5.26 Å². The van der Waals surface area contributed by atoms with E-state index in [0.717, 1.165) is 22.1 Å². The number of carbonyl (C=O) groups excluding carboxylic acids is 3. The predicted octanol–water partition coefficient (Wildman–Crippen LogP) is 5.96. The Morgan fingerprint density at radius 1 is 1.16 bits per heavy atom. The van der Waals surface area contributed by atoms with Gasteiger partial charge in [-0.15, -0.1) is 0 Å². The lowest BCUT2D eigenvalue weighted by Gasteiger charge is -2.39.